The predicted octanol–water partition coefficient (Wildman–Crippen LogP) is 5.84. The molecule has 1 heteroatoms. The Balaban J connectivity index is 2.65. The van der Waals surface area contributed by atoms with E-state index in [4.69, 9.17) is 0 Å². The first kappa shape index (κ1) is 14.6. The molecule has 1 N–H and O–H groups in total. The summed E-state index contributed by atoms with van der Waals surface area (Å²) in [6, 6.07) is 10.4. The Kier molecular flexibility index (Phi) is 4.84. The molecule has 0 saturated heterocycles. The van der Waals surface area contributed by atoms with Gasteiger partial charge in [0.25, 0.3) is 0 Å². The Morgan fingerprint density at radius 2 is 1.90 bits per heavy atom. The van der Waals surface area contributed by atoms with E-state index in [2.05, 4.69) is 44.2 Å². The average Bonchev–Trinajstić information content (AvgIpc) is 2.47. The van der Waals surface area contributed by atoms with Crippen molar-refractivity contribution in [3.8, 4) is 5.75 Å². The van der Waals surface area contributed by atoms with Gasteiger partial charge >= 0.3 is 0 Å². The quantitative estimate of drug-likeness (QED) is 0.722. The molecule has 0 aliphatic carbocycles. The van der Waals surface area contributed by atoms with Gasteiger partial charge in [0.15, 0.2) is 0 Å². The van der Waals surface area contributed by atoms with Gasteiger partial charge in [-0.05, 0) is 41.9 Å². The van der Waals surface area contributed by atoms with Crippen LogP contribution in [0.4, 0.5) is 0 Å². The Labute approximate surface area is 122 Å². The molecule has 2 aromatic carbocycles. The first-order valence-corrected chi connectivity index (χ1v) is 7.59. The van der Waals surface area contributed by atoms with Crippen LogP contribution in [0.5, 0.6) is 5.75 Å². The number of phenolic OH excluding ortho intramolecular Hbond substituents is 1. The number of unbranched alkanes of at least 4 members (excludes halogenated alkanes) is 1. The maximum absolute atomic E-state index is 10.5. The van der Waals surface area contributed by atoms with Crippen molar-refractivity contribution in [1.29, 1.82) is 0 Å². The number of hydrogen-bond acceptors (Lipinski definition) is 1. The molecular weight excluding hydrogens is 244 g/mol. The van der Waals surface area contributed by atoms with Crippen LogP contribution in [0.2, 0.25) is 0 Å². The van der Waals surface area contributed by atoms with Gasteiger partial charge < -0.3 is 5.11 Å². The van der Waals surface area contributed by atoms with Crippen LogP contribution >= 0.6 is 0 Å². The molecule has 0 atom stereocenters. The number of aromatic hydroxyl groups is 1. The van der Waals surface area contributed by atoms with Gasteiger partial charge in [-0.2, -0.15) is 0 Å². The molecule has 0 bridgehead atoms. The zero-order valence-corrected chi connectivity index (χ0v) is 12.7. The summed E-state index contributed by atoms with van der Waals surface area (Å²) in [4.78, 5) is 0. The minimum absolute atomic E-state index is 0.427. The third-order valence-electron chi connectivity index (χ3n) is 3.76. The lowest BCUT2D eigenvalue weighted by Gasteiger charge is -2.13. The van der Waals surface area contributed by atoms with E-state index in [1.54, 1.807) is 0 Å². The lowest BCUT2D eigenvalue weighted by Crippen LogP contribution is -1.90. The highest BCUT2D eigenvalue weighted by atomic mass is 16.3. The van der Waals surface area contributed by atoms with Crippen LogP contribution in [0.3, 0.4) is 0 Å². The summed E-state index contributed by atoms with van der Waals surface area (Å²) >= 11 is 0. The number of hydrogen-bond donors (Lipinski definition) is 1. The summed E-state index contributed by atoms with van der Waals surface area (Å²) in [6.45, 7) is 6.36. The van der Waals surface area contributed by atoms with Crippen LogP contribution in [0, 0.1) is 6.92 Å². The molecule has 0 aromatic heterocycles. The van der Waals surface area contributed by atoms with Gasteiger partial charge in [0, 0.05) is 5.39 Å². The number of aryl methyl sites for hydroxylation is 1. The van der Waals surface area contributed by atoms with Crippen LogP contribution in [-0.2, 0) is 0 Å². The van der Waals surface area contributed by atoms with Crippen LogP contribution in [0.1, 0.15) is 50.7 Å². The zero-order chi connectivity index (χ0) is 14.5. The molecule has 0 heterocycles. The normalized spacial score (nSPS) is 12.1. The molecule has 0 saturated carbocycles. The molecule has 0 amide bonds. The van der Waals surface area contributed by atoms with Crippen LogP contribution < -0.4 is 0 Å². The molecule has 0 fully saturated rings. The van der Waals surface area contributed by atoms with Crippen molar-refractivity contribution in [1.82, 2.24) is 0 Å². The van der Waals surface area contributed by atoms with Crippen molar-refractivity contribution in [3.63, 3.8) is 0 Å². The minimum atomic E-state index is 0.427. The number of allylic oxidation sites excluding steroid dienone is 2. The molecule has 20 heavy (non-hydrogen) atoms. The smallest absolute Gasteiger partial charge is 0.126 e. The summed E-state index contributed by atoms with van der Waals surface area (Å²) in [5, 5.41) is 12.6. The van der Waals surface area contributed by atoms with Gasteiger partial charge in [-0.25, -0.2) is 0 Å². The average molecular weight is 268 g/mol. The largest absolute Gasteiger partial charge is 0.507 e. The van der Waals surface area contributed by atoms with Crippen molar-refractivity contribution in [2.45, 2.75) is 46.5 Å². The van der Waals surface area contributed by atoms with Gasteiger partial charge in [-0.1, -0.05) is 63.1 Å². The molecule has 0 aliphatic rings. The molecule has 2 rings (SSSR count). The second-order valence-corrected chi connectivity index (χ2v) is 5.40. The lowest BCUT2D eigenvalue weighted by atomic mass is 9.93. The fraction of sp³-hybridized carbons (Fsp3) is 0.368. The van der Waals surface area contributed by atoms with Crippen LogP contribution in [0.15, 0.2) is 36.4 Å². The summed E-state index contributed by atoms with van der Waals surface area (Å²) in [7, 11) is 0. The van der Waals surface area contributed by atoms with Crippen LogP contribution in [-0.4, -0.2) is 5.11 Å². The van der Waals surface area contributed by atoms with Crippen molar-refractivity contribution < 1.29 is 5.11 Å². The van der Waals surface area contributed by atoms with Gasteiger partial charge in [0.1, 0.15) is 5.75 Å². The highest BCUT2D eigenvalue weighted by molar-refractivity contribution is 5.98. The fourth-order valence-electron chi connectivity index (χ4n) is 2.67. The van der Waals surface area contributed by atoms with E-state index in [0.29, 0.717) is 5.75 Å². The molecular formula is C19H24O. The van der Waals surface area contributed by atoms with Gasteiger partial charge in [-0.3, -0.25) is 0 Å². The Hall–Kier alpha value is -1.76. The maximum Gasteiger partial charge on any atom is 0.126 e. The van der Waals surface area contributed by atoms with E-state index in [-0.39, 0.29) is 0 Å². The highest BCUT2D eigenvalue weighted by Crippen LogP contribution is 2.36. The molecule has 0 aliphatic heterocycles. The predicted molar refractivity (Wildman–Crippen MR) is 88.1 cm³/mol. The molecule has 0 radical (unpaired) electrons. The van der Waals surface area contributed by atoms with Crippen molar-refractivity contribution in [3.05, 3.63) is 47.5 Å². The Bertz CT molecular complexity index is 623. The van der Waals surface area contributed by atoms with E-state index in [1.165, 1.54) is 11.1 Å². The third kappa shape index (κ3) is 2.87. The Morgan fingerprint density at radius 3 is 2.60 bits per heavy atom. The summed E-state index contributed by atoms with van der Waals surface area (Å²) in [5.41, 5.74) is 3.50. The second-order valence-electron chi connectivity index (χ2n) is 5.40. The zero-order valence-electron chi connectivity index (χ0n) is 12.7. The molecule has 0 unspecified atom stereocenters. The molecule has 2 aromatic rings. The van der Waals surface area contributed by atoms with Crippen molar-refractivity contribution in [2.24, 2.45) is 0 Å². The monoisotopic (exact) mass is 268 g/mol. The first-order chi connectivity index (χ1) is 9.69. The first-order valence-electron chi connectivity index (χ1n) is 7.59. The van der Waals surface area contributed by atoms with Crippen molar-refractivity contribution >= 4 is 16.3 Å². The number of phenols is 1. The second kappa shape index (κ2) is 6.60. The summed E-state index contributed by atoms with van der Waals surface area (Å²) in [5.74, 6) is 0.427. The molecule has 0 spiro atoms. The van der Waals surface area contributed by atoms with E-state index in [0.717, 1.165) is 42.0 Å². The van der Waals surface area contributed by atoms with E-state index in [1.807, 2.05) is 13.0 Å². The maximum atomic E-state index is 10.5. The lowest BCUT2D eigenvalue weighted by molar-refractivity contribution is 0.477. The fourth-order valence-corrected chi connectivity index (χ4v) is 2.67. The SMILES string of the molecule is CCC/C=C(\CCC)c1cccc2ccc(C)c(O)c12. The van der Waals surface area contributed by atoms with Crippen LogP contribution in [0.25, 0.3) is 16.3 Å². The Morgan fingerprint density at radius 1 is 1.10 bits per heavy atom. The number of rotatable bonds is 5. The molecule has 1 nitrogen and oxygen atoms in total. The van der Waals surface area contributed by atoms with E-state index < -0.39 is 0 Å². The standard InChI is InChI=1S/C19H24O/c1-4-6-9-15(8-5-2)17-11-7-10-16-13-12-14(3)19(20)18(16)17/h7,9-13,20H,4-6,8H2,1-3H3/b15-9+. The summed E-state index contributed by atoms with van der Waals surface area (Å²) in [6.07, 6.45) is 6.77. The van der Waals surface area contributed by atoms with Gasteiger partial charge in [0.2, 0.25) is 0 Å². The third-order valence-corrected chi connectivity index (χ3v) is 3.76. The minimum Gasteiger partial charge on any atom is -0.507 e. The molecule has 106 valence electrons. The van der Waals surface area contributed by atoms with E-state index in [9.17, 15) is 5.11 Å². The van der Waals surface area contributed by atoms with Gasteiger partial charge in [-0.15, -0.1) is 0 Å². The van der Waals surface area contributed by atoms with Gasteiger partial charge in [0.05, 0.1) is 0 Å². The van der Waals surface area contributed by atoms with E-state index >= 15 is 0 Å². The topological polar surface area (TPSA) is 20.2 Å². The number of fused-ring (bicyclic) bond motifs is 1. The van der Waals surface area contributed by atoms with Crippen molar-refractivity contribution in [2.75, 3.05) is 0 Å². The summed E-state index contributed by atoms with van der Waals surface area (Å²) < 4.78 is 0. The highest BCUT2D eigenvalue weighted by Gasteiger charge is 2.11. The number of benzene rings is 2.